The summed E-state index contributed by atoms with van der Waals surface area (Å²) < 4.78 is 0. The zero-order valence-electron chi connectivity index (χ0n) is 12.7. The summed E-state index contributed by atoms with van der Waals surface area (Å²) in [6.45, 7) is 6.18. The van der Waals surface area contributed by atoms with Crippen molar-refractivity contribution in [2.24, 2.45) is 5.92 Å². The van der Waals surface area contributed by atoms with Crippen LogP contribution in [0.25, 0.3) is 0 Å². The molecule has 1 saturated carbocycles. The maximum atomic E-state index is 12.4. The molecule has 1 atom stereocenters. The molecule has 0 bridgehead atoms. The summed E-state index contributed by atoms with van der Waals surface area (Å²) >= 11 is 0. The summed E-state index contributed by atoms with van der Waals surface area (Å²) in [5.41, 5.74) is 0. The zero-order valence-corrected chi connectivity index (χ0v) is 12.7. The number of nitrogens with zero attached hydrogens (tertiary/aromatic N) is 1. The van der Waals surface area contributed by atoms with Gasteiger partial charge in [0.05, 0.1) is 6.04 Å². The lowest BCUT2D eigenvalue weighted by molar-refractivity contribution is -0.136. The van der Waals surface area contributed by atoms with Crippen molar-refractivity contribution in [3.8, 4) is 0 Å². The van der Waals surface area contributed by atoms with Gasteiger partial charge < -0.3 is 10.2 Å². The lowest BCUT2D eigenvalue weighted by Gasteiger charge is -2.34. The molecular weight excluding hydrogens is 236 g/mol. The quantitative estimate of drug-likeness (QED) is 0.801. The molecule has 0 aromatic carbocycles. The number of rotatable bonds is 6. The Morgan fingerprint density at radius 2 is 1.95 bits per heavy atom. The minimum absolute atomic E-state index is 0.0697. The van der Waals surface area contributed by atoms with E-state index >= 15 is 0 Å². The Bertz CT molecular complexity index is 284. The molecule has 1 N–H and O–H groups in total. The van der Waals surface area contributed by atoms with E-state index in [2.05, 4.69) is 24.1 Å². The van der Waals surface area contributed by atoms with Crippen LogP contribution >= 0.6 is 0 Å². The van der Waals surface area contributed by atoms with E-state index in [0.29, 0.717) is 11.9 Å². The van der Waals surface area contributed by atoms with Gasteiger partial charge in [0.15, 0.2) is 0 Å². The SMILES string of the molecule is CC(C)NC1CCCN(CCCC2CCCC2)C1=O. The van der Waals surface area contributed by atoms with Gasteiger partial charge in [-0.2, -0.15) is 0 Å². The van der Waals surface area contributed by atoms with Gasteiger partial charge in [0.2, 0.25) is 5.91 Å². The number of likely N-dealkylation sites (tertiary alicyclic amines) is 1. The van der Waals surface area contributed by atoms with E-state index in [-0.39, 0.29) is 6.04 Å². The summed E-state index contributed by atoms with van der Waals surface area (Å²) in [7, 11) is 0. The Morgan fingerprint density at radius 1 is 1.21 bits per heavy atom. The van der Waals surface area contributed by atoms with Crippen LogP contribution in [0.4, 0.5) is 0 Å². The monoisotopic (exact) mass is 266 g/mol. The first-order valence-electron chi connectivity index (χ1n) is 8.21. The third kappa shape index (κ3) is 4.48. The van der Waals surface area contributed by atoms with Crippen LogP contribution in [0.2, 0.25) is 0 Å². The summed E-state index contributed by atoms with van der Waals surface area (Å²) in [6.07, 6.45) is 10.4. The van der Waals surface area contributed by atoms with Crippen molar-refractivity contribution >= 4 is 5.91 Å². The van der Waals surface area contributed by atoms with Gasteiger partial charge in [0, 0.05) is 19.1 Å². The molecular formula is C16H30N2O. The first-order chi connectivity index (χ1) is 9.16. The van der Waals surface area contributed by atoms with Gasteiger partial charge in [0.1, 0.15) is 0 Å². The summed E-state index contributed by atoms with van der Waals surface area (Å²) in [5.74, 6) is 1.29. The van der Waals surface area contributed by atoms with Gasteiger partial charge in [-0.25, -0.2) is 0 Å². The number of hydrogen-bond acceptors (Lipinski definition) is 2. The van der Waals surface area contributed by atoms with Crippen molar-refractivity contribution in [3.05, 3.63) is 0 Å². The molecule has 1 unspecified atom stereocenters. The highest BCUT2D eigenvalue weighted by Gasteiger charge is 2.28. The van der Waals surface area contributed by atoms with E-state index in [1.54, 1.807) is 0 Å². The molecule has 19 heavy (non-hydrogen) atoms. The minimum Gasteiger partial charge on any atom is -0.341 e. The molecule has 110 valence electrons. The molecule has 0 radical (unpaired) electrons. The minimum atomic E-state index is 0.0697. The van der Waals surface area contributed by atoms with E-state index in [1.807, 2.05) is 0 Å². The molecule has 3 heteroatoms. The number of carbonyl (C=O) groups is 1. The van der Waals surface area contributed by atoms with Crippen molar-refractivity contribution in [3.63, 3.8) is 0 Å². The van der Waals surface area contributed by atoms with Crippen LogP contribution < -0.4 is 5.32 Å². The van der Waals surface area contributed by atoms with E-state index in [1.165, 1.54) is 38.5 Å². The summed E-state index contributed by atoms with van der Waals surface area (Å²) in [4.78, 5) is 14.4. The van der Waals surface area contributed by atoms with Crippen LogP contribution in [0.5, 0.6) is 0 Å². The van der Waals surface area contributed by atoms with Gasteiger partial charge in [0.25, 0.3) is 0 Å². The molecule has 2 fully saturated rings. The molecule has 3 nitrogen and oxygen atoms in total. The van der Waals surface area contributed by atoms with Crippen LogP contribution in [0.1, 0.15) is 65.2 Å². The van der Waals surface area contributed by atoms with Gasteiger partial charge in [-0.15, -0.1) is 0 Å². The van der Waals surface area contributed by atoms with Crippen molar-refractivity contribution in [2.45, 2.75) is 77.3 Å². The fraction of sp³-hybridized carbons (Fsp3) is 0.938. The maximum absolute atomic E-state index is 12.4. The van der Waals surface area contributed by atoms with Gasteiger partial charge >= 0.3 is 0 Å². The van der Waals surface area contributed by atoms with Crippen LogP contribution in [-0.4, -0.2) is 36.0 Å². The molecule has 1 aliphatic heterocycles. The Balaban J connectivity index is 1.71. The molecule has 0 aromatic rings. The zero-order chi connectivity index (χ0) is 13.7. The third-order valence-electron chi connectivity index (χ3n) is 4.58. The van der Waals surface area contributed by atoms with Crippen molar-refractivity contribution < 1.29 is 4.79 Å². The van der Waals surface area contributed by atoms with Crippen molar-refractivity contribution in [2.75, 3.05) is 13.1 Å². The van der Waals surface area contributed by atoms with E-state index < -0.39 is 0 Å². The fourth-order valence-corrected chi connectivity index (χ4v) is 3.59. The number of hydrogen-bond donors (Lipinski definition) is 1. The number of piperidine rings is 1. The smallest absolute Gasteiger partial charge is 0.239 e. The topological polar surface area (TPSA) is 32.3 Å². The van der Waals surface area contributed by atoms with Gasteiger partial charge in [-0.05, 0) is 31.6 Å². The second-order valence-electron chi connectivity index (χ2n) is 6.63. The molecule has 2 aliphatic rings. The highest BCUT2D eigenvalue weighted by molar-refractivity contribution is 5.82. The van der Waals surface area contributed by atoms with Crippen LogP contribution in [0.3, 0.4) is 0 Å². The molecule has 2 rings (SSSR count). The molecule has 1 amide bonds. The second kappa shape index (κ2) is 7.28. The largest absolute Gasteiger partial charge is 0.341 e. The normalized spacial score (nSPS) is 25.5. The van der Waals surface area contributed by atoms with Gasteiger partial charge in [-0.1, -0.05) is 39.5 Å². The van der Waals surface area contributed by atoms with E-state index in [0.717, 1.165) is 31.8 Å². The lowest BCUT2D eigenvalue weighted by Crippen LogP contribution is -2.52. The Kier molecular flexibility index (Phi) is 5.68. The predicted octanol–water partition coefficient (Wildman–Crippen LogP) is 2.95. The Morgan fingerprint density at radius 3 is 2.63 bits per heavy atom. The van der Waals surface area contributed by atoms with E-state index in [9.17, 15) is 4.79 Å². The number of amides is 1. The molecule has 0 aromatic heterocycles. The lowest BCUT2D eigenvalue weighted by atomic mass is 10.00. The van der Waals surface area contributed by atoms with Crippen molar-refractivity contribution in [1.29, 1.82) is 0 Å². The molecule has 1 aliphatic carbocycles. The van der Waals surface area contributed by atoms with E-state index in [4.69, 9.17) is 0 Å². The van der Waals surface area contributed by atoms with Gasteiger partial charge in [-0.3, -0.25) is 4.79 Å². The highest BCUT2D eigenvalue weighted by atomic mass is 16.2. The molecule has 1 saturated heterocycles. The summed E-state index contributed by atoms with van der Waals surface area (Å²) in [5, 5.41) is 3.40. The second-order valence-corrected chi connectivity index (χ2v) is 6.63. The fourth-order valence-electron chi connectivity index (χ4n) is 3.59. The Labute approximate surface area is 118 Å². The number of nitrogens with one attached hydrogen (secondary N) is 1. The Hall–Kier alpha value is -0.570. The van der Waals surface area contributed by atoms with Crippen LogP contribution in [-0.2, 0) is 4.79 Å². The molecule has 0 spiro atoms. The maximum Gasteiger partial charge on any atom is 0.239 e. The van der Waals surface area contributed by atoms with Crippen LogP contribution in [0, 0.1) is 5.92 Å². The molecule has 1 heterocycles. The predicted molar refractivity (Wildman–Crippen MR) is 79.1 cm³/mol. The standard InChI is InChI=1S/C16H30N2O/c1-13(2)17-15-10-6-12-18(16(15)19)11-5-9-14-7-3-4-8-14/h13-15,17H,3-12H2,1-2H3. The van der Waals surface area contributed by atoms with Crippen molar-refractivity contribution in [1.82, 2.24) is 10.2 Å². The van der Waals surface area contributed by atoms with Crippen LogP contribution in [0.15, 0.2) is 0 Å². The highest BCUT2D eigenvalue weighted by Crippen LogP contribution is 2.28. The first kappa shape index (κ1) is 14.8. The first-order valence-corrected chi connectivity index (χ1v) is 8.21. The third-order valence-corrected chi connectivity index (χ3v) is 4.58. The average Bonchev–Trinajstić information content (AvgIpc) is 2.86. The number of carbonyl (C=O) groups excluding carboxylic acids is 1. The average molecular weight is 266 g/mol. The summed E-state index contributed by atoms with van der Waals surface area (Å²) in [6, 6.07) is 0.465.